The molecule has 100 valence electrons. The molecular formula is C13H10Cl2O4. The molecule has 1 aliphatic carbocycles. The van der Waals surface area contributed by atoms with E-state index >= 15 is 0 Å². The van der Waals surface area contributed by atoms with Gasteiger partial charge >= 0.3 is 5.97 Å². The molecule has 0 amide bonds. The first-order valence-corrected chi connectivity index (χ1v) is 6.26. The highest BCUT2D eigenvalue weighted by Crippen LogP contribution is 2.41. The molecule has 19 heavy (non-hydrogen) atoms. The SMILES string of the molecule is CC=C1Cc2cc(OCC(=O)O)c(Cl)c(Cl)c2C1=O. The van der Waals surface area contributed by atoms with Gasteiger partial charge in [0.05, 0.1) is 5.02 Å². The number of aliphatic carboxylic acids is 1. The molecular weight excluding hydrogens is 291 g/mol. The van der Waals surface area contributed by atoms with Crippen molar-refractivity contribution < 1.29 is 19.4 Å². The van der Waals surface area contributed by atoms with Gasteiger partial charge < -0.3 is 9.84 Å². The van der Waals surface area contributed by atoms with Crippen LogP contribution in [0.5, 0.6) is 5.75 Å². The van der Waals surface area contributed by atoms with Crippen LogP contribution < -0.4 is 4.74 Å². The number of carbonyl (C=O) groups excluding carboxylic acids is 1. The van der Waals surface area contributed by atoms with Crippen LogP contribution >= 0.6 is 23.2 Å². The molecule has 0 saturated carbocycles. The predicted octanol–water partition coefficient (Wildman–Crippen LogP) is 3.14. The highest BCUT2D eigenvalue weighted by molar-refractivity contribution is 6.45. The number of halogens is 2. The summed E-state index contributed by atoms with van der Waals surface area (Å²) in [5.41, 5.74) is 1.72. The molecule has 0 heterocycles. The van der Waals surface area contributed by atoms with Crippen molar-refractivity contribution in [2.75, 3.05) is 6.61 Å². The molecule has 1 aromatic rings. The zero-order chi connectivity index (χ0) is 14.2. The van der Waals surface area contributed by atoms with Crippen molar-refractivity contribution >= 4 is 35.0 Å². The van der Waals surface area contributed by atoms with Crippen molar-refractivity contribution in [3.8, 4) is 5.75 Å². The van der Waals surface area contributed by atoms with E-state index in [1.54, 1.807) is 19.1 Å². The van der Waals surface area contributed by atoms with Crippen molar-refractivity contribution in [2.45, 2.75) is 13.3 Å². The van der Waals surface area contributed by atoms with Crippen LogP contribution in [0, 0.1) is 0 Å². The standard InChI is InChI=1S/C13H10Cl2O4/c1-2-6-3-7-4-8(19-5-9(16)17)11(14)12(15)10(7)13(6)18/h2,4H,3,5H2,1H3,(H,16,17). The van der Waals surface area contributed by atoms with Crippen LogP contribution in [0.4, 0.5) is 0 Å². The van der Waals surface area contributed by atoms with E-state index < -0.39 is 12.6 Å². The highest BCUT2D eigenvalue weighted by Gasteiger charge is 2.30. The summed E-state index contributed by atoms with van der Waals surface area (Å²) in [5.74, 6) is -1.08. The molecule has 1 N–H and O–H groups in total. The van der Waals surface area contributed by atoms with Gasteiger partial charge in [0, 0.05) is 17.6 Å². The van der Waals surface area contributed by atoms with Gasteiger partial charge in [0.15, 0.2) is 12.4 Å². The first-order chi connectivity index (χ1) is 8.95. The Bertz CT molecular complexity index is 605. The third kappa shape index (κ3) is 2.46. The molecule has 0 spiro atoms. The number of ether oxygens (including phenoxy) is 1. The Kier molecular flexibility index (Phi) is 3.83. The summed E-state index contributed by atoms with van der Waals surface area (Å²) < 4.78 is 5.06. The number of Topliss-reactive ketones (excluding diaryl/α,β-unsaturated/α-hetero) is 1. The first-order valence-electron chi connectivity index (χ1n) is 5.51. The van der Waals surface area contributed by atoms with Crippen LogP contribution in [0.2, 0.25) is 10.0 Å². The van der Waals surface area contributed by atoms with Crippen molar-refractivity contribution in [1.82, 2.24) is 0 Å². The fraction of sp³-hybridized carbons (Fsp3) is 0.231. The second-order valence-electron chi connectivity index (χ2n) is 4.04. The van der Waals surface area contributed by atoms with Gasteiger partial charge in [-0.1, -0.05) is 29.3 Å². The summed E-state index contributed by atoms with van der Waals surface area (Å²) in [6.45, 7) is 1.26. The average molecular weight is 301 g/mol. The number of carboxylic acid groups (broad SMARTS) is 1. The second kappa shape index (κ2) is 5.23. The Balaban J connectivity index is 2.46. The van der Waals surface area contributed by atoms with E-state index in [0.29, 0.717) is 23.1 Å². The minimum Gasteiger partial charge on any atom is -0.480 e. The van der Waals surface area contributed by atoms with E-state index in [2.05, 4.69) is 0 Å². The van der Waals surface area contributed by atoms with Crippen LogP contribution in [0.3, 0.4) is 0 Å². The molecule has 0 fully saturated rings. The average Bonchev–Trinajstić information content (AvgIpc) is 2.68. The first kappa shape index (κ1) is 13.9. The van der Waals surface area contributed by atoms with E-state index in [1.165, 1.54) is 0 Å². The van der Waals surface area contributed by atoms with Gasteiger partial charge in [0.25, 0.3) is 0 Å². The zero-order valence-corrected chi connectivity index (χ0v) is 11.5. The van der Waals surface area contributed by atoms with Crippen LogP contribution in [-0.2, 0) is 11.2 Å². The Morgan fingerprint density at radius 1 is 1.47 bits per heavy atom. The Labute approximate surface area is 119 Å². The molecule has 1 aliphatic rings. The molecule has 6 heteroatoms. The molecule has 0 bridgehead atoms. The maximum atomic E-state index is 12.0. The number of ketones is 1. The molecule has 1 aromatic carbocycles. The lowest BCUT2D eigenvalue weighted by atomic mass is 10.1. The molecule has 0 radical (unpaired) electrons. The molecule has 2 rings (SSSR count). The molecule has 0 aliphatic heterocycles. The van der Waals surface area contributed by atoms with Crippen LogP contribution in [0.1, 0.15) is 22.8 Å². The zero-order valence-electron chi connectivity index (χ0n) is 10.00. The number of fused-ring (bicyclic) bond motifs is 1. The number of benzene rings is 1. The summed E-state index contributed by atoms with van der Waals surface area (Å²) in [6, 6.07) is 1.57. The van der Waals surface area contributed by atoms with Gasteiger partial charge in [-0.25, -0.2) is 4.79 Å². The van der Waals surface area contributed by atoms with Crippen molar-refractivity contribution in [1.29, 1.82) is 0 Å². The van der Waals surface area contributed by atoms with Gasteiger partial charge in [-0.05, 0) is 18.6 Å². The fourth-order valence-electron chi connectivity index (χ4n) is 1.96. The fourth-order valence-corrected chi connectivity index (χ4v) is 2.47. The van der Waals surface area contributed by atoms with Crippen molar-refractivity contribution in [3.63, 3.8) is 0 Å². The normalized spacial score (nSPS) is 15.7. The summed E-state index contributed by atoms with van der Waals surface area (Å²) in [7, 11) is 0. The number of allylic oxidation sites excluding steroid dienone is 2. The van der Waals surface area contributed by atoms with Crippen molar-refractivity contribution in [2.24, 2.45) is 0 Å². The van der Waals surface area contributed by atoms with Crippen LogP contribution in [0.25, 0.3) is 0 Å². The third-order valence-corrected chi connectivity index (χ3v) is 3.70. The topological polar surface area (TPSA) is 63.6 Å². The number of hydrogen-bond acceptors (Lipinski definition) is 3. The van der Waals surface area contributed by atoms with Gasteiger partial charge in [0.2, 0.25) is 0 Å². The smallest absolute Gasteiger partial charge is 0.341 e. The number of carbonyl (C=O) groups is 2. The van der Waals surface area contributed by atoms with Crippen LogP contribution in [0.15, 0.2) is 17.7 Å². The third-order valence-electron chi connectivity index (χ3n) is 2.85. The molecule has 0 saturated heterocycles. The Morgan fingerprint density at radius 2 is 2.16 bits per heavy atom. The van der Waals surface area contributed by atoms with Crippen LogP contribution in [-0.4, -0.2) is 23.5 Å². The molecule has 4 nitrogen and oxygen atoms in total. The summed E-state index contributed by atoms with van der Waals surface area (Å²) in [4.78, 5) is 22.5. The maximum absolute atomic E-state index is 12.0. The molecule has 0 unspecified atom stereocenters. The lowest BCUT2D eigenvalue weighted by Crippen LogP contribution is -2.10. The van der Waals surface area contributed by atoms with Crippen molar-refractivity contribution in [3.05, 3.63) is 38.9 Å². The monoisotopic (exact) mass is 300 g/mol. The van der Waals surface area contributed by atoms with E-state index in [-0.39, 0.29) is 21.6 Å². The summed E-state index contributed by atoms with van der Waals surface area (Å²) in [6.07, 6.45) is 2.18. The molecule has 0 aromatic heterocycles. The molecule has 0 atom stereocenters. The highest BCUT2D eigenvalue weighted by atomic mass is 35.5. The minimum atomic E-state index is -1.11. The number of carboxylic acids is 1. The predicted molar refractivity (Wildman–Crippen MR) is 71.4 cm³/mol. The number of rotatable bonds is 3. The lowest BCUT2D eigenvalue weighted by Gasteiger charge is -2.10. The maximum Gasteiger partial charge on any atom is 0.341 e. The second-order valence-corrected chi connectivity index (χ2v) is 4.79. The summed E-state index contributed by atoms with van der Waals surface area (Å²) >= 11 is 12.1. The van der Waals surface area contributed by atoms with E-state index in [9.17, 15) is 9.59 Å². The van der Waals surface area contributed by atoms with E-state index in [4.69, 9.17) is 33.0 Å². The van der Waals surface area contributed by atoms with Gasteiger partial charge in [-0.15, -0.1) is 0 Å². The van der Waals surface area contributed by atoms with Gasteiger partial charge in [-0.3, -0.25) is 4.79 Å². The van der Waals surface area contributed by atoms with Gasteiger partial charge in [-0.2, -0.15) is 0 Å². The minimum absolute atomic E-state index is 0.0624. The lowest BCUT2D eigenvalue weighted by molar-refractivity contribution is -0.139. The largest absolute Gasteiger partial charge is 0.480 e. The van der Waals surface area contributed by atoms with E-state index in [0.717, 1.165) is 0 Å². The Hall–Kier alpha value is -1.52. The summed E-state index contributed by atoms with van der Waals surface area (Å²) in [5, 5.41) is 8.76. The van der Waals surface area contributed by atoms with Gasteiger partial charge in [0.1, 0.15) is 10.8 Å². The Morgan fingerprint density at radius 3 is 2.74 bits per heavy atom. The van der Waals surface area contributed by atoms with E-state index in [1.807, 2.05) is 0 Å². The number of hydrogen-bond donors (Lipinski definition) is 1. The quantitative estimate of drug-likeness (QED) is 0.871.